The topological polar surface area (TPSA) is 56.5 Å². The Balaban J connectivity index is 2.42. The van der Waals surface area contributed by atoms with Crippen LogP contribution in [0.1, 0.15) is 24.4 Å². The van der Waals surface area contributed by atoms with E-state index in [1.165, 1.54) is 13.8 Å². The van der Waals surface area contributed by atoms with E-state index in [9.17, 15) is 9.59 Å². The molecule has 0 fully saturated rings. The van der Waals surface area contributed by atoms with E-state index in [1.807, 2.05) is 6.07 Å². The molecule has 17 heavy (non-hydrogen) atoms. The molecule has 0 bridgehead atoms. The summed E-state index contributed by atoms with van der Waals surface area (Å²) in [5.74, 6) is 0.558. The van der Waals surface area contributed by atoms with Crippen LogP contribution in [0.3, 0.4) is 0 Å². The van der Waals surface area contributed by atoms with Crippen LogP contribution in [-0.4, -0.2) is 18.2 Å². The van der Waals surface area contributed by atoms with E-state index < -0.39 is 0 Å². The van der Waals surface area contributed by atoms with E-state index in [1.54, 1.807) is 18.2 Å². The highest BCUT2D eigenvalue weighted by Crippen LogP contribution is 2.28. The molecule has 0 saturated carbocycles. The second-order valence-electron chi connectivity index (χ2n) is 3.83. The number of carbonyl (C=O) groups is 2. The minimum atomic E-state index is -0.140. The summed E-state index contributed by atoms with van der Waals surface area (Å²) in [4.78, 5) is 22.1. The predicted octanol–water partition coefficient (Wildman–Crippen LogP) is 2.60. The molecule has 0 unspecified atom stereocenters. The molecule has 0 N–H and O–H groups in total. The second-order valence-corrected chi connectivity index (χ2v) is 3.83. The van der Waals surface area contributed by atoms with Gasteiger partial charge in [0.25, 0.3) is 0 Å². The molecule has 1 heterocycles. The number of para-hydroxylation sites is 1. The van der Waals surface area contributed by atoms with Gasteiger partial charge in [-0.15, -0.1) is 0 Å². The maximum absolute atomic E-state index is 11.2. The molecule has 0 aliphatic carbocycles. The summed E-state index contributed by atoms with van der Waals surface area (Å²) >= 11 is 0. The van der Waals surface area contributed by atoms with E-state index in [0.717, 1.165) is 5.39 Å². The van der Waals surface area contributed by atoms with Crippen molar-refractivity contribution in [2.24, 2.45) is 0 Å². The first kappa shape index (κ1) is 11.4. The molecule has 0 atom stereocenters. The minimum absolute atomic E-state index is 0.00474. The highest BCUT2D eigenvalue weighted by Gasteiger charge is 2.12. The Morgan fingerprint density at radius 1 is 1.29 bits per heavy atom. The third-order valence-corrected chi connectivity index (χ3v) is 2.29. The number of hydrogen-bond acceptors (Lipinski definition) is 4. The molecule has 0 aliphatic rings. The summed E-state index contributed by atoms with van der Waals surface area (Å²) in [6, 6.07) is 6.99. The maximum atomic E-state index is 11.2. The smallest absolute Gasteiger partial charge is 0.194 e. The van der Waals surface area contributed by atoms with E-state index in [4.69, 9.17) is 9.15 Å². The first-order valence-electron chi connectivity index (χ1n) is 5.23. The Labute approximate surface area is 98.2 Å². The molecule has 88 valence electrons. The lowest BCUT2D eigenvalue weighted by molar-refractivity contribution is -0.118. The molecule has 4 nitrogen and oxygen atoms in total. The van der Waals surface area contributed by atoms with Gasteiger partial charge in [0.05, 0.1) is 0 Å². The average molecular weight is 232 g/mol. The van der Waals surface area contributed by atoms with Crippen molar-refractivity contribution in [2.75, 3.05) is 6.61 Å². The van der Waals surface area contributed by atoms with Gasteiger partial charge in [-0.1, -0.05) is 12.1 Å². The van der Waals surface area contributed by atoms with Crippen LogP contribution in [0.15, 0.2) is 28.7 Å². The van der Waals surface area contributed by atoms with Crippen molar-refractivity contribution in [3.8, 4) is 5.75 Å². The normalized spacial score (nSPS) is 10.5. The van der Waals surface area contributed by atoms with Crippen LogP contribution in [0.5, 0.6) is 5.75 Å². The van der Waals surface area contributed by atoms with Gasteiger partial charge in [-0.05, 0) is 19.1 Å². The van der Waals surface area contributed by atoms with Gasteiger partial charge in [0, 0.05) is 12.3 Å². The van der Waals surface area contributed by atoms with Gasteiger partial charge in [-0.25, -0.2) is 0 Å². The SMILES string of the molecule is CC(=O)COc1cccc2cc(C(C)=O)oc12. The molecule has 0 spiro atoms. The maximum Gasteiger partial charge on any atom is 0.194 e. The van der Waals surface area contributed by atoms with Gasteiger partial charge in [0.2, 0.25) is 0 Å². The Hall–Kier alpha value is -2.10. The Bertz CT molecular complexity index is 580. The number of hydrogen-bond donors (Lipinski definition) is 0. The molecule has 0 aliphatic heterocycles. The first-order chi connectivity index (χ1) is 8.08. The molecule has 0 saturated heterocycles. The molecule has 0 amide bonds. The van der Waals surface area contributed by atoms with Crippen molar-refractivity contribution in [3.63, 3.8) is 0 Å². The summed E-state index contributed by atoms with van der Waals surface area (Å²) in [5.41, 5.74) is 0.499. The van der Waals surface area contributed by atoms with Gasteiger partial charge in [0.1, 0.15) is 6.61 Å². The Kier molecular flexibility index (Phi) is 2.95. The minimum Gasteiger partial charge on any atom is -0.482 e. The van der Waals surface area contributed by atoms with Crippen LogP contribution >= 0.6 is 0 Å². The van der Waals surface area contributed by atoms with Crippen molar-refractivity contribution in [3.05, 3.63) is 30.0 Å². The molecule has 2 aromatic rings. The second kappa shape index (κ2) is 4.41. The summed E-state index contributed by atoms with van der Waals surface area (Å²) in [7, 11) is 0. The fourth-order valence-electron chi connectivity index (χ4n) is 1.50. The molecule has 0 radical (unpaired) electrons. The predicted molar refractivity (Wildman–Crippen MR) is 62.4 cm³/mol. The van der Waals surface area contributed by atoms with Crippen LogP contribution in [0.25, 0.3) is 11.0 Å². The standard InChI is InChI=1S/C13H12O4/c1-8(14)7-16-11-5-3-4-10-6-12(9(2)15)17-13(10)11/h3-6H,7H2,1-2H3. The molecule has 1 aromatic heterocycles. The fraction of sp³-hybridized carbons (Fsp3) is 0.231. The zero-order chi connectivity index (χ0) is 12.4. The highest BCUT2D eigenvalue weighted by atomic mass is 16.5. The largest absolute Gasteiger partial charge is 0.482 e. The van der Waals surface area contributed by atoms with Gasteiger partial charge >= 0.3 is 0 Å². The van der Waals surface area contributed by atoms with Crippen molar-refractivity contribution < 1.29 is 18.7 Å². The van der Waals surface area contributed by atoms with Gasteiger partial charge in [0.15, 0.2) is 28.7 Å². The summed E-state index contributed by atoms with van der Waals surface area (Å²) in [6.45, 7) is 2.88. The van der Waals surface area contributed by atoms with Crippen LogP contribution in [0.4, 0.5) is 0 Å². The third-order valence-electron chi connectivity index (χ3n) is 2.29. The molecule has 2 rings (SSSR count). The van der Waals surface area contributed by atoms with Crippen molar-refractivity contribution in [1.82, 2.24) is 0 Å². The van der Waals surface area contributed by atoms with Crippen LogP contribution in [0, 0.1) is 0 Å². The summed E-state index contributed by atoms with van der Waals surface area (Å²) in [5, 5.41) is 0.788. The van der Waals surface area contributed by atoms with Crippen molar-refractivity contribution in [2.45, 2.75) is 13.8 Å². The van der Waals surface area contributed by atoms with Crippen LogP contribution < -0.4 is 4.74 Å². The van der Waals surface area contributed by atoms with Crippen molar-refractivity contribution >= 4 is 22.5 Å². The van der Waals surface area contributed by atoms with Crippen LogP contribution in [-0.2, 0) is 4.79 Å². The van der Waals surface area contributed by atoms with Crippen LogP contribution in [0.2, 0.25) is 0 Å². The van der Waals surface area contributed by atoms with Gasteiger partial charge in [-0.3, -0.25) is 9.59 Å². The Morgan fingerprint density at radius 3 is 2.71 bits per heavy atom. The van der Waals surface area contributed by atoms with E-state index >= 15 is 0 Å². The lowest BCUT2D eigenvalue weighted by Crippen LogP contribution is -2.06. The van der Waals surface area contributed by atoms with Crippen molar-refractivity contribution in [1.29, 1.82) is 0 Å². The molecular weight excluding hydrogens is 220 g/mol. The zero-order valence-electron chi connectivity index (χ0n) is 9.65. The number of fused-ring (bicyclic) bond motifs is 1. The monoisotopic (exact) mass is 232 g/mol. The summed E-state index contributed by atoms with van der Waals surface area (Å²) < 4.78 is 10.7. The molecular formula is C13H12O4. The number of benzene rings is 1. The number of Topliss-reactive ketones (excluding diaryl/α,β-unsaturated/α-hetero) is 2. The van der Waals surface area contributed by atoms with E-state index in [-0.39, 0.29) is 18.2 Å². The molecule has 4 heteroatoms. The number of rotatable bonds is 4. The van der Waals surface area contributed by atoms with Gasteiger partial charge < -0.3 is 9.15 Å². The Morgan fingerprint density at radius 2 is 2.06 bits per heavy atom. The third kappa shape index (κ3) is 2.36. The number of ether oxygens (including phenoxy) is 1. The average Bonchev–Trinajstić information content (AvgIpc) is 2.70. The lowest BCUT2D eigenvalue weighted by atomic mass is 10.2. The number of furan rings is 1. The zero-order valence-corrected chi connectivity index (χ0v) is 9.65. The molecule has 1 aromatic carbocycles. The number of ketones is 2. The lowest BCUT2D eigenvalue weighted by Gasteiger charge is -2.03. The van der Waals surface area contributed by atoms with E-state index in [0.29, 0.717) is 17.1 Å². The fourth-order valence-corrected chi connectivity index (χ4v) is 1.50. The highest BCUT2D eigenvalue weighted by molar-refractivity contribution is 5.97. The quantitative estimate of drug-likeness (QED) is 0.760. The number of carbonyl (C=O) groups excluding carboxylic acids is 2. The first-order valence-corrected chi connectivity index (χ1v) is 5.23. The summed E-state index contributed by atoms with van der Waals surface area (Å²) in [6.07, 6.45) is 0. The van der Waals surface area contributed by atoms with Gasteiger partial charge in [-0.2, -0.15) is 0 Å². The van der Waals surface area contributed by atoms with E-state index in [2.05, 4.69) is 0 Å².